The van der Waals surface area contributed by atoms with Gasteiger partial charge in [-0.25, -0.2) is 8.42 Å². The van der Waals surface area contributed by atoms with Gasteiger partial charge in [-0.1, -0.05) is 24.4 Å². The van der Waals surface area contributed by atoms with E-state index < -0.39 is 15.9 Å². The van der Waals surface area contributed by atoms with Gasteiger partial charge in [-0.3, -0.25) is 4.79 Å². The summed E-state index contributed by atoms with van der Waals surface area (Å²) in [5, 5.41) is 2.89. The van der Waals surface area contributed by atoms with E-state index >= 15 is 0 Å². The second-order valence-corrected chi connectivity index (χ2v) is 8.57. The number of carbonyl (C=O) groups is 1. The number of sulfonamides is 1. The number of nitrogens with one attached hydrogen (secondary N) is 1. The van der Waals surface area contributed by atoms with Crippen molar-refractivity contribution in [3.63, 3.8) is 0 Å². The van der Waals surface area contributed by atoms with Crippen molar-refractivity contribution in [3.8, 4) is 0 Å². The monoisotopic (exact) mass is 396 g/mol. The van der Waals surface area contributed by atoms with Crippen LogP contribution in [0.1, 0.15) is 41.8 Å². The van der Waals surface area contributed by atoms with E-state index in [0.29, 0.717) is 18.8 Å². The number of furan rings is 1. The largest absolute Gasteiger partial charge is 0.467 e. The van der Waals surface area contributed by atoms with Gasteiger partial charge in [-0.05, 0) is 43.2 Å². The molecule has 1 aliphatic rings. The Morgan fingerprint density at radius 3 is 2.54 bits per heavy atom. The number of hydrogen-bond donors (Lipinski definition) is 1. The molecule has 1 aromatic heterocycles. The van der Waals surface area contributed by atoms with E-state index in [9.17, 15) is 13.2 Å². The standard InChI is InChI=1S/C18H21ClN2O4S/c19-17-8-7-15(26(23,24)21-9-3-1-2-4-10-21)12-16(17)18(22)20-13-14-6-5-11-25-14/h5-8,11-12H,1-4,9-10,13H2,(H,20,22). The molecular weight excluding hydrogens is 376 g/mol. The van der Waals surface area contributed by atoms with Crippen LogP contribution < -0.4 is 5.32 Å². The van der Waals surface area contributed by atoms with Crippen LogP contribution in [0.5, 0.6) is 0 Å². The highest BCUT2D eigenvalue weighted by atomic mass is 35.5. The zero-order valence-electron chi connectivity index (χ0n) is 14.3. The van der Waals surface area contributed by atoms with Crippen molar-refractivity contribution in [1.82, 2.24) is 9.62 Å². The molecule has 0 unspecified atom stereocenters. The van der Waals surface area contributed by atoms with Crippen molar-refractivity contribution in [3.05, 3.63) is 52.9 Å². The molecule has 6 nitrogen and oxygen atoms in total. The second kappa shape index (κ2) is 8.24. The fourth-order valence-corrected chi connectivity index (χ4v) is 4.69. The van der Waals surface area contributed by atoms with Crippen LogP contribution in [0.3, 0.4) is 0 Å². The van der Waals surface area contributed by atoms with Crippen LogP contribution in [0.25, 0.3) is 0 Å². The first kappa shape index (κ1) is 18.9. The molecule has 26 heavy (non-hydrogen) atoms. The average molecular weight is 397 g/mol. The van der Waals surface area contributed by atoms with Crippen LogP contribution in [0.15, 0.2) is 45.9 Å². The van der Waals surface area contributed by atoms with Gasteiger partial charge >= 0.3 is 0 Å². The highest BCUT2D eigenvalue weighted by Crippen LogP contribution is 2.25. The molecule has 1 fully saturated rings. The number of benzene rings is 1. The molecule has 3 rings (SSSR count). The summed E-state index contributed by atoms with van der Waals surface area (Å²) in [6.07, 6.45) is 5.29. The molecule has 0 bridgehead atoms. The zero-order valence-corrected chi connectivity index (χ0v) is 15.9. The number of halogens is 1. The predicted molar refractivity (Wildman–Crippen MR) is 98.6 cm³/mol. The number of rotatable bonds is 5. The number of nitrogens with zero attached hydrogens (tertiary/aromatic N) is 1. The van der Waals surface area contributed by atoms with Crippen LogP contribution in [-0.2, 0) is 16.6 Å². The smallest absolute Gasteiger partial charge is 0.253 e. The Hall–Kier alpha value is -1.83. The SMILES string of the molecule is O=C(NCc1ccco1)c1cc(S(=O)(=O)N2CCCCCC2)ccc1Cl. The number of carbonyl (C=O) groups excluding carboxylic acids is 1. The van der Waals surface area contributed by atoms with Crippen LogP contribution >= 0.6 is 11.6 Å². The fourth-order valence-electron chi connectivity index (χ4n) is 2.95. The Bertz CT molecular complexity index is 857. The van der Waals surface area contributed by atoms with E-state index in [2.05, 4.69) is 5.32 Å². The van der Waals surface area contributed by atoms with E-state index in [0.717, 1.165) is 25.7 Å². The van der Waals surface area contributed by atoms with Gasteiger partial charge in [0.05, 0.1) is 28.3 Å². The van der Waals surface area contributed by atoms with Crippen LogP contribution in [0.2, 0.25) is 5.02 Å². The third-order valence-corrected chi connectivity index (χ3v) is 6.61. The summed E-state index contributed by atoms with van der Waals surface area (Å²) in [5.41, 5.74) is 0.133. The lowest BCUT2D eigenvalue weighted by molar-refractivity contribution is 0.0948. The third kappa shape index (κ3) is 4.28. The van der Waals surface area contributed by atoms with E-state index in [4.69, 9.17) is 16.0 Å². The third-order valence-electron chi connectivity index (χ3n) is 4.39. The fraction of sp³-hybridized carbons (Fsp3) is 0.389. The minimum Gasteiger partial charge on any atom is -0.467 e. The lowest BCUT2D eigenvalue weighted by atomic mass is 10.2. The first-order valence-corrected chi connectivity index (χ1v) is 10.4. The highest BCUT2D eigenvalue weighted by Gasteiger charge is 2.26. The molecule has 2 aromatic rings. The maximum Gasteiger partial charge on any atom is 0.253 e. The molecule has 0 radical (unpaired) electrons. The molecule has 1 saturated heterocycles. The molecule has 0 saturated carbocycles. The minimum absolute atomic E-state index is 0.0898. The Morgan fingerprint density at radius 2 is 1.88 bits per heavy atom. The topological polar surface area (TPSA) is 79.6 Å². The van der Waals surface area contributed by atoms with Gasteiger partial charge in [-0.15, -0.1) is 0 Å². The van der Waals surface area contributed by atoms with Crippen LogP contribution in [0.4, 0.5) is 0 Å². The molecule has 1 aromatic carbocycles. The van der Waals surface area contributed by atoms with Crippen molar-refractivity contribution in [2.75, 3.05) is 13.1 Å². The number of hydrogen-bond acceptors (Lipinski definition) is 4. The van der Waals surface area contributed by atoms with Crippen molar-refractivity contribution >= 4 is 27.5 Å². The van der Waals surface area contributed by atoms with Gasteiger partial charge in [0.25, 0.3) is 5.91 Å². The molecule has 140 valence electrons. The summed E-state index contributed by atoms with van der Waals surface area (Å²) < 4.78 is 32.5. The molecule has 1 aliphatic heterocycles. The summed E-state index contributed by atoms with van der Waals surface area (Å²) >= 11 is 6.12. The normalized spacial score (nSPS) is 16.2. The van der Waals surface area contributed by atoms with Crippen LogP contribution in [0, 0.1) is 0 Å². The lowest BCUT2D eigenvalue weighted by Gasteiger charge is -2.20. The van der Waals surface area contributed by atoms with Gasteiger partial charge in [-0.2, -0.15) is 4.31 Å². The Balaban J connectivity index is 1.81. The quantitative estimate of drug-likeness (QED) is 0.839. The van der Waals surface area contributed by atoms with Crippen LogP contribution in [-0.4, -0.2) is 31.7 Å². The average Bonchev–Trinajstić information content (AvgIpc) is 2.99. The molecule has 2 heterocycles. The lowest BCUT2D eigenvalue weighted by Crippen LogP contribution is -2.32. The maximum absolute atomic E-state index is 12.9. The van der Waals surface area contributed by atoms with E-state index in [-0.39, 0.29) is 22.0 Å². The van der Waals surface area contributed by atoms with Crippen molar-refractivity contribution in [2.24, 2.45) is 0 Å². The van der Waals surface area contributed by atoms with Crippen molar-refractivity contribution in [2.45, 2.75) is 37.1 Å². The summed E-state index contributed by atoms with van der Waals surface area (Å²) in [6.45, 7) is 1.21. The van der Waals surface area contributed by atoms with Gasteiger partial charge in [0.2, 0.25) is 10.0 Å². The molecule has 1 N–H and O–H groups in total. The van der Waals surface area contributed by atoms with Gasteiger partial charge in [0, 0.05) is 13.1 Å². The molecule has 0 aliphatic carbocycles. The molecular formula is C18H21ClN2O4S. The zero-order chi connectivity index (χ0) is 18.6. The first-order valence-electron chi connectivity index (χ1n) is 8.59. The highest BCUT2D eigenvalue weighted by molar-refractivity contribution is 7.89. The molecule has 1 amide bonds. The van der Waals surface area contributed by atoms with E-state index in [1.54, 1.807) is 12.1 Å². The Labute approximate surface area is 158 Å². The molecule has 0 atom stereocenters. The Kier molecular flexibility index (Phi) is 6.01. The van der Waals surface area contributed by atoms with Gasteiger partial charge in [0.15, 0.2) is 0 Å². The van der Waals surface area contributed by atoms with Gasteiger partial charge < -0.3 is 9.73 Å². The minimum atomic E-state index is -3.64. The molecule has 0 spiro atoms. The maximum atomic E-state index is 12.9. The Morgan fingerprint density at radius 1 is 1.15 bits per heavy atom. The van der Waals surface area contributed by atoms with Crippen molar-refractivity contribution < 1.29 is 17.6 Å². The predicted octanol–water partition coefficient (Wildman–Crippen LogP) is 3.43. The van der Waals surface area contributed by atoms with Gasteiger partial charge in [0.1, 0.15) is 5.76 Å². The first-order chi connectivity index (χ1) is 12.5. The van der Waals surface area contributed by atoms with E-state index in [1.165, 1.54) is 28.8 Å². The molecule has 8 heteroatoms. The summed E-state index contributed by atoms with van der Waals surface area (Å²) in [6, 6.07) is 7.71. The number of amides is 1. The summed E-state index contributed by atoms with van der Waals surface area (Å²) in [4.78, 5) is 12.5. The second-order valence-electron chi connectivity index (χ2n) is 6.22. The summed E-state index contributed by atoms with van der Waals surface area (Å²) in [5.74, 6) is 0.155. The van der Waals surface area contributed by atoms with E-state index in [1.807, 2.05) is 0 Å². The van der Waals surface area contributed by atoms with Crippen molar-refractivity contribution in [1.29, 1.82) is 0 Å². The summed E-state index contributed by atoms with van der Waals surface area (Å²) in [7, 11) is -3.64.